The second-order valence-electron chi connectivity index (χ2n) is 5.15. The molecule has 1 aliphatic rings. The normalized spacial score (nSPS) is 16.6. The van der Waals surface area contributed by atoms with Gasteiger partial charge in [-0.3, -0.25) is 0 Å². The van der Waals surface area contributed by atoms with Crippen LogP contribution in [0.25, 0.3) is 0 Å². The van der Waals surface area contributed by atoms with Crippen LogP contribution in [-0.4, -0.2) is 6.61 Å². The van der Waals surface area contributed by atoms with Gasteiger partial charge in [-0.05, 0) is 61.2 Å². The maximum Gasteiger partial charge on any atom is 0.142 e. The fourth-order valence-electron chi connectivity index (χ4n) is 2.82. The molecule has 0 bridgehead atoms. The highest BCUT2D eigenvalue weighted by Crippen LogP contribution is 2.38. The van der Waals surface area contributed by atoms with Gasteiger partial charge < -0.3 is 10.1 Å². The highest BCUT2D eigenvalue weighted by atomic mass is 35.5. The molecule has 0 saturated heterocycles. The number of nitrogens with one attached hydrogen (secondary N) is 1. The highest BCUT2D eigenvalue weighted by molar-refractivity contribution is 6.31. The maximum atomic E-state index is 6.11. The molecule has 0 heterocycles. The second kappa shape index (κ2) is 6.17. The largest absolute Gasteiger partial charge is 0.492 e. The molecule has 0 aromatic heterocycles. The molecule has 0 fully saturated rings. The van der Waals surface area contributed by atoms with E-state index in [1.165, 1.54) is 11.1 Å². The van der Waals surface area contributed by atoms with Gasteiger partial charge in [-0.25, -0.2) is 0 Å². The summed E-state index contributed by atoms with van der Waals surface area (Å²) in [4.78, 5) is 0. The van der Waals surface area contributed by atoms with Crippen molar-refractivity contribution in [2.24, 2.45) is 0 Å². The van der Waals surface area contributed by atoms with Crippen LogP contribution in [-0.2, 0) is 6.42 Å². The van der Waals surface area contributed by atoms with Crippen LogP contribution < -0.4 is 10.1 Å². The summed E-state index contributed by atoms with van der Waals surface area (Å²) in [7, 11) is 0. The average molecular weight is 322 g/mol. The van der Waals surface area contributed by atoms with Gasteiger partial charge in [0.2, 0.25) is 0 Å². The van der Waals surface area contributed by atoms with Gasteiger partial charge >= 0.3 is 0 Å². The molecule has 1 N–H and O–H groups in total. The lowest BCUT2D eigenvalue weighted by atomic mass is 10.1. The van der Waals surface area contributed by atoms with Gasteiger partial charge in [0.1, 0.15) is 5.75 Å². The van der Waals surface area contributed by atoms with Crippen molar-refractivity contribution in [1.82, 2.24) is 0 Å². The van der Waals surface area contributed by atoms with E-state index in [1.807, 2.05) is 31.2 Å². The van der Waals surface area contributed by atoms with Crippen molar-refractivity contribution in [3.05, 3.63) is 57.6 Å². The molecule has 0 radical (unpaired) electrons. The van der Waals surface area contributed by atoms with Crippen molar-refractivity contribution < 1.29 is 4.74 Å². The Morgan fingerprint density at radius 1 is 1.14 bits per heavy atom. The van der Waals surface area contributed by atoms with Crippen LogP contribution in [0.5, 0.6) is 5.75 Å². The molecular weight excluding hydrogens is 305 g/mol. The number of fused-ring (bicyclic) bond motifs is 1. The van der Waals surface area contributed by atoms with Crippen molar-refractivity contribution in [3.63, 3.8) is 0 Å². The van der Waals surface area contributed by atoms with Crippen molar-refractivity contribution in [2.75, 3.05) is 11.9 Å². The first-order valence-electron chi connectivity index (χ1n) is 7.14. The summed E-state index contributed by atoms with van der Waals surface area (Å²) >= 11 is 12.2. The third-order valence-electron chi connectivity index (χ3n) is 3.75. The molecule has 3 rings (SSSR count). The van der Waals surface area contributed by atoms with Crippen LogP contribution >= 0.6 is 23.2 Å². The summed E-state index contributed by atoms with van der Waals surface area (Å²) in [6, 6.07) is 12.1. The zero-order valence-corrected chi connectivity index (χ0v) is 13.3. The van der Waals surface area contributed by atoms with Crippen molar-refractivity contribution in [2.45, 2.75) is 25.8 Å². The molecule has 1 unspecified atom stereocenters. The lowest BCUT2D eigenvalue weighted by Crippen LogP contribution is -2.08. The van der Waals surface area contributed by atoms with E-state index in [2.05, 4.69) is 17.4 Å². The number of hydrogen-bond acceptors (Lipinski definition) is 2. The number of aryl methyl sites for hydroxylation is 1. The van der Waals surface area contributed by atoms with Gasteiger partial charge in [-0.1, -0.05) is 29.3 Å². The average Bonchev–Trinajstić information content (AvgIpc) is 2.84. The third kappa shape index (κ3) is 3.12. The van der Waals surface area contributed by atoms with Gasteiger partial charge in [-0.2, -0.15) is 0 Å². The van der Waals surface area contributed by atoms with E-state index in [0.29, 0.717) is 11.6 Å². The van der Waals surface area contributed by atoms with Crippen molar-refractivity contribution in [1.29, 1.82) is 0 Å². The van der Waals surface area contributed by atoms with Crippen LogP contribution in [0.3, 0.4) is 0 Å². The Morgan fingerprint density at radius 2 is 1.90 bits per heavy atom. The first-order valence-corrected chi connectivity index (χ1v) is 7.90. The molecule has 0 amide bonds. The molecular formula is C17H17Cl2NO. The third-order valence-corrected chi connectivity index (χ3v) is 4.22. The second-order valence-corrected chi connectivity index (χ2v) is 6.03. The molecule has 2 aromatic rings. The molecule has 1 atom stereocenters. The minimum absolute atomic E-state index is 0.273. The predicted octanol–water partition coefficient (Wildman–Crippen LogP) is 5.49. The monoisotopic (exact) mass is 321 g/mol. The Balaban J connectivity index is 1.87. The molecule has 2 nitrogen and oxygen atoms in total. The zero-order valence-electron chi connectivity index (χ0n) is 11.8. The van der Waals surface area contributed by atoms with E-state index >= 15 is 0 Å². The zero-order chi connectivity index (χ0) is 14.8. The fourth-order valence-corrected chi connectivity index (χ4v) is 3.19. The van der Waals surface area contributed by atoms with Crippen LogP contribution in [0.2, 0.25) is 10.0 Å². The van der Waals surface area contributed by atoms with E-state index < -0.39 is 0 Å². The van der Waals surface area contributed by atoms with E-state index in [4.69, 9.17) is 27.9 Å². The lowest BCUT2D eigenvalue weighted by Gasteiger charge is -2.19. The van der Waals surface area contributed by atoms with E-state index in [-0.39, 0.29) is 6.04 Å². The predicted molar refractivity (Wildman–Crippen MR) is 88.8 cm³/mol. The van der Waals surface area contributed by atoms with Crippen molar-refractivity contribution >= 4 is 28.9 Å². The summed E-state index contributed by atoms with van der Waals surface area (Å²) in [5.41, 5.74) is 3.57. The SMILES string of the molecule is CCOc1ccc(Cl)cc1NC1CCc2cc(Cl)ccc21. The van der Waals surface area contributed by atoms with Crippen LogP contribution in [0.1, 0.15) is 30.5 Å². The van der Waals surface area contributed by atoms with E-state index in [1.54, 1.807) is 0 Å². The summed E-state index contributed by atoms with van der Waals surface area (Å²) in [6.07, 6.45) is 2.09. The van der Waals surface area contributed by atoms with Crippen LogP contribution in [0, 0.1) is 0 Å². The van der Waals surface area contributed by atoms with Crippen LogP contribution in [0.4, 0.5) is 5.69 Å². The number of rotatable bonds is 4. The van der Waals surface area contributed by atoms with Gasteiger partial charge in [0.15, 0.2) is 0 Å². The molecule has 0 saturated carbocycles. The molecule has 110 valence electrons. The Hall–Kier alpha value is -1.38. The maximum absolute atomic E-state index is 6.11. The Morgan fingerprint density at radius 3 is 2.71 bits per heavy atom. The van der Waals surface area contributed by atoms with E-state index in [0.717, 1.165) is 29.3 Å². The highest BCUT2D eigenvalue weighted by Gasteiger charge is 2.23. The molecule has 2 aromatic carbocycles. The Kier molecular flexibility index (Phi) is 4.27. The molecule has 1 aliphatic carbocycles. The van der Waals surface area contributed by atoms with Gasteiger partial charge in [-0.15, -0.1) is 0 Å². The minimum Gasteiger partial charge on any atom is -0.492 e. The minimum atomic E-state index is 0.273. The summed E-state index contributed by atoms with van der Waals surface area (Å²) in [5.74, 6) is 0.837. The van der Waals surface area contributed by atoms with E-state index in [9.17, 15) is 0 Å². The number of benzene rings is 2. The molecule has 0 spiro atoms. The standard InChI is InChI=1S/C17H17Cl2NO/c1-2-21-17-8-5-13(19)10-16(17)20-15-7-3-11-9-12(18)4-6-14(11)15/h4-6,8-10,15,20H,2-3,7H2,1H3. The first kappa shape index (κ1) is 14.6. The summed E-state index contributed by atoms with van der Waals surface area (Å²) in [6.45, 7) is 2.61. The quantitative estimate of drug-likeness (QED) is 0.803. The smallest absolute Gasteiger partial charge is 0.142 e. The molecule has 21 heavy (non-hydrogen) atoms. The number of ether oxygens (including phenoxy) is 1. The topological polar surface area (TPSA) is 21.3 Å². The van der Waals surface area contributed by atoms with Gasteiger partial charge in [0.05, 0.1) is 18.3 Å². The fraction of sp³-hybridized carbons (Fsp3) is 0.294. The summed E-state index contributed by atoms with van der Waals surface area (Å²) < 4.78 is 5.67. The molecule has 0 aliphatic heterocycles. The Labute approximate surface area is 135 Å². The Bertz CT molecular complexity index is 657. The lowest BCUT2D eigenvalue weighted by molar-refractivity contribution is 0.341. The van der Waals surface area contributed by atoms with Gasteiger partial charge in [0.25, 0.3) is 0 Å². The number of hydrogen-bond donors (Lipinski definition) is 1. The molecule has 4 heteroatoms. The number of anilines is 1. The van der Waals surface area contributed by atoms with Gasteiger partial charge in [0, 0.05) is 10.0 Å². The summed E-state index contributed by atoms with van der Waals surface area (Å²) in [5, 5.41) is 5.06. The van der Waals surface area contributed by atoms with Crippen LogP contribution in [0.15, 0.2) is 36.4 Å². The van der Waals surface area contributed by atoms with Crippen molar-refractivity contribution in [3.8, 4) is 5.75 Å². The first-order chi connectivity index (χ1) is 10.2. The number of halogens is 2.